The Morgan fingerprint density at radius 1 is 0.900 bits per heavy atom. The highest BCUT2D eigenvalue weighted by atomic mass is 16.5. The van der Waals surface area contributed by atoms with E-state index in [1.807, 2.05) is 12.1 Å². The molecule has 2 heteroatoms. The van der Waals surface area contributed by atoms with E-state index in [1.165, 1.54) is 16.7 Å². The molecule has 0 aliphatic heterocycles. The molecule has 1 atom stereocenters. The van der Waals surface area contributed by atoms with Gasteiger partial charge in [-0.05, 0) is 48.9 Å². The fraction of sp³-hybridized carbons (Fsp3) is 0.333. The summed E-state index contributed by atoms with van der Waals surface area (Å²) in [4.78, 5) is 0. The number of ether oxygens (including phenoxy) is 1. The SMILES string of the molecule is COc1ccc(CC(CO)Cc2ccc(C)cc2)cc1. The molecule has 2 nitrogen and oxygen atoms in total. The number of aliphatic hydroxyl groups is 1. The van der Waals surface area contributed by atoms with Crippen molar-refractivity contribution >= 4 is 0 Å². The number of aliphatic hydroxyl groups excluding tert-OH is 1. The average molecular weight is 270 g/mol. The van der Waals surface area contributed by atoms with E-state index in [9.17, 15) is 5.11 Å². The zero-order valence-corrected chi connectivity index (χ0v) is 12.2. The van der Waals surface area contributed by atoms with Crippen LogP contribution in [0, 0.1) is 12.8 Å². The molecule has 20 heavy (non-hydrogen) atoms. The molecule has 0 bridgehead atoms. The van der Waals surface area contributed by atoms with E-state index in [1.54, 1.807) is 7.11 Å². The fourth-order valence-corrected chi connectivity index (χ4v) is 2.35. The summed E-state index contributed by atoms with van der Waals surface area (Å²) in [5, 5.41) is 9.58. The Morgan fingerprint density at radius 2 is 1.40 bits per heavy atom. The van der Waals surface area contributed by atoms with Crippen LogP contribution >= 0.6 is 0 Å². The third kappa shape index (κ3) is 4.10. The van der Waals surface area contributed by atoms with Gasteiger partial charge in [0.05, 0.1) is 7.11 Å². The topological polar surface area (TPSA) is 29.5 Å². The van der Waals surface area contributed by atoms with Crippen LogP contribution in [0.3, 0.4) is 0 Å². The fourth-order valence-electron chi connectivity index (χ4n) is 2.35. The van der Waals surface area contributed by atoms with E-state index in [0.717, 1.165) is 18.6 Å². The first-order valence-electron chi connectivity index (χ1n) is 7.00. The maximum absolute atomic E-state index is 9.58. The second kappa shape index (κ2) is 7.11. The maximum Gasteiger partial charge on any atom is 0.118 e. The second-order valence-electron chi connectivity index (χ2n) is 5.29. The van der Waals surface area contributed by atoms with Gasteiger partial charge in [-0.3, -0.25) is 0 Å². The molecular weight excluding hydrogens is 248 g/mol. The van der Waals surface area contributed by atoms with Gasteiger partial charge in [0.25, 0.3) is 0 Å². The standard InChI is InChI=1S/C18H22O2/c1-14-3-5-15(6-4-14)11-17(13-19)12-16-7-9-18(20-2)10-8-16/h3-10,17,19H,11-13H2,1-2H3. The van der Waals surface area contributed by atoms with Gasteiger partial charge in [0, 0.05) is 6.61 Å². The summed E-state index contributed by atoms with van der Waals surface area (Å²) in [7, 11) is 1.67. The van der Waals surface area contributed by atoms with Crippen LogP contribution in [0.5, 0.6) is 5.75 Å². The number of aryl methyl sites for hydroxylation is 1. The highest BCUT2D eigenvalue weighted by Gasteiger charge is 2.10. The summed E-state index contributed by atoms with van der Waals surface area (Å²) < 4.78 is 5.16. The smallest absolute Gasteiger partial charge is 0.118 e. The molecule has 2 rings (SSSR count). The molecule has 0 aliphatic rings. The van der Waals surface area contributed by atoms with Crippen LogP contribution < -0.4 is 4.74 Å². The first-order valence-corrected chi connectivity index (χ1v) is 7.00. The van der Waals surface area contributed by atoms with Crippen molar-refractivity contribution in [3.05, 3.63) is 65.2 Å². The van der Waals surface area contributed by atoms with E-state index in [2.05, 4.69) is 43.3 Å². The van der Waals surface area contributed by atoms with Crippen LogP contribution in [0.2, 0.25) is 0 Å². The number of rotatable bonds is 6. The molecule has 2 aromatic rings. The van der Waals surface area contributed by atoms with Crippen molar-refractivity contribution in [1.82, 2.24) is 0 Å². The van der Waals surface area contributed by atoms with Gasteiger partial charge in [-0.2, -0.15) is 0 Å². The summed E-state index contributed by atoms with van der Waals surface area (Å²) in [5.41, 5.74) is 3.78. The Balaban J connectivity index is 1.99. The monoisotopic (exact) mass is 270 g/mol. The van der Waals surface area contributed by atoms with Crippen molar-refractivity contribution in [3.63, 3.8) is 0 Å². The summed E-state index contributed by atoms with van der Waals surface area (Å²) in [5.74, 6) is 1.12. The number of hydrogen-bond acceptors (Lipinski definition) is 2. The highest BCUT2D eigenvalue weighted by molar-refractivity contribution is 5.28. The molecule has 0 aliphatic carbocycles. The Morgan fingerprint density at radius 3 is 1.85 bits per heavy atom. The van der Waals surface area contributed by atoms with E-state index >= 15 is 0 Å². The lowest BCUT2D eigenvalue weighted by Gasteiger charge is -2.15. The lowest BCUT2D eigenvalue weighted by atomic mass is 9.93. The second-order valence-corrected chi connectivity index (χ2v) is 5.29. The van der Waals surface area contributed by atoms with Gasteiger partial charge in [0.15, 0.2) is 0 Å². The lowest BCUT2D eigenvalue weighted by molar-refractivity contribution is 0.225. The summed E-state index contributed by atoms with van der Waals surface area (Å²) in [6.45, 7) is 2.30. The quantitative estimate of drug-likeness (QED) is 0.871. The molecule has 0 amide bonds. The molecule has 1 N–H and O–H groups in total. The Kier molecular flexibility index (Phi) is 5.19. The molecule has 0 saturated heterocycles. The van der Waals surface area contributed by atoms with Crippen molar-refractivity contribution < 1.29 is 9.84 Å². The molecule has 2 aromatic carbocycles. The van der Waals surface area contributed by atoms with Crippen LogP contribution in [-0.2, 0) is 12.8 Å². The van der Waals surface area contributed by atoms with Crippen LogP contribution in [0.4, 0.5) is 0 Å². The van der Waals surface area contributed by atoms with E-state index in [4.69, 9.17) is 4.74 Å². The molecule has 0 radical (unpaired) electrons. The van der Waals surface area contributed by atoms with Gasteiger partial charge in [-0.25, -0.2) is 0 Å². The Hall–Kier alpha value is -1.80. The highest BCUT2D eigenvalue weighted by Crippen LogP contribution is 2.17. The van der Waals surface area contributed by atoms with E-state index < -0.39 is 0 Å². The van der Waals surface area contributed by atoms with Crippen LogP contribution in [-0.4, -0.2) is 18.8 Å². The zero-order chi connectivity index (χ0) is 14.4. The molecule has 0 spiro atoms. The minimum Gasteiger partial charge on any atom is -0.497 e. The van der Waals surface area contributed by atoms with Crippen LogP contribution in [0.25, 0.3) is 0 Å². The Labute approximate surface area is 121 Å². The van der Waals surface area contributed by atoms with Crippen LogP contribution in [0.1, 0.15) is 16.7 Å². The van der Waals surface area contributed by atoms with Gasteiger partial charge in [0.1, 0.15) is 5.75 Å². The van der Waals surface area contributed by atoms with Gasteiger partial charge in [-0.1, -0.05) is 42.0 Å². The van der Waals surface area contributed by atoms with Gasteiger partial charge in [0.2, 0.25) is 0 Å². The van der Waals surface area contributed by atoms with Crippen molar-refractivity contribution in [3.8, 4) is 5.75 Å². The molecule has 0 heterocycles. The normalized spacial score (nSPS) is 12.2. The minimum absolute atomic E-state index is 0.208. The third-order valence-corrected chi connectivity index (χ3v) is 3.59. The predicted molar refractivity (Wildman–Crippen MR) is 82.2 cm³/mol. The van der Waals surface area contributed by atoms with Crippen molar-refractivity contribution in [2.45, 2.75) is 19.8 Å². The minimum atomic E-state index is 0.208. The number of methoxy groups -OCH3 is 1. The van der Waals surface area contributed by atoms with Crippen molar-refractivity contribution in [2.24, 2.45) is 5.92 Å². The average Bonchev–Trinajstić information content (AvgIpc) is 2.49. The predicted octanol–water partition coefficient (Wildman–Crippen LogP) is 3.40. The number of benzene rings is 2. The van der Waals surface area contributed by atoms with Crippen LogP contribution in [0.15, 0.2) is 48.5 Å². The van der Waals surface area contributed by atoms with Gasteiger partial charge >= 0.3 is 0 Å². The van der Waals surface area contributed by atoms with Gasteiger partial charge in [-0.15, -0.1) is 0 Å². The summed E-state index contributed by atoms with van der Waals surface area (Å²) in [6, 6.07) is 16.6. The summed E-state index contributed by atoms with van der Waals surface area (Å²) in [6.07, 6.45) is 1.79. The maximum atomic E-state index is 9.58. The first-order chi connectivity index (χ1) is 9.71. The van der Waals surface area contributed by atoms with E-state index in [0.29, 0.717) is 0 Å². The number of hydrogen-bond donors (Lipinski definition) is 1. The molecule has 106 valence electrons. The molecule has 0 fully saturated rings. The lowest BCUT2D eigenvalue weighted by Crippen LogP contribution is -2.13. The Bertz CT molecular complexity index is 514. The molecular formula is C18H22O2. The van der Waals surface area contributed by atoms with Gasteiger partial charge < -0.3 is 9.84 Å². The largest absolute Gasteiger partial charge is 0.497 e. The van der Waals surface area contributed by atoms with Crippen molar-refractivity contribution in [2.75, 3.05) is 13.7 Å². The zero-order valence-electron chi connectivity index (χ0n) is 12.2. The van der Waals surface area contributed by atoms with Crippen molar-refractivity contribution in [1.29, 1.82) is 0 Å². The first kappa shape index (κ1) is 14.6. The molecule has 0 saturated carbocycles. The van der Waals surface area contributed by atoms with E-state index in [-0.39, 0.29) is 12.5 Å². The summed E-state index contributed by atoms with van der Waals surface area (Å²) >= 11 is 0. The molecule has 0 aromatic heterocycles. The third-order valence-electron chi connectivity index (χ3n) is 3.59. The molecule has 1 unspecified atom stereocenters.